The molecule has 2 saturated carbocycles. The molecule has 0 aromatic carbocycles. The summed E-state index contributed by atoms with van der Waals surface area (Å²) in [4.78, 5) is 51.4. The van der Waals surface area contributed by atoms with Crippen molar-refractivity contribution in [2.75, 3.05) is 19.8 Å². The van der Waals surface area contributed by atoms with Crippen LogP contribution in [0.15, 0.2) is 29.2 Å². The van der Waals surface area contributed by atoms with Crippen molar-refractivity contribution in [2.24, 2.45) is 34.0 Å². The van der Waals surface area contributed by atoms with Crippen LogP contribution in [0.1, 0.15) is 79.0 Å². The van der Waals surface area contributed by atoms with Gasteiger partial charge in [0.1, 0.15) is 18.3 Å². The lowest BCUT2D eigenvalue weighted by atomic mass is 9.36. The number of thiophene rings is 1. The highest BCUT2D eigenvalue weighted by Crippen LogP contribution is 2.72. The number of rotatable bonds is 9. The van der Waals surface area contributed by atoms with E-state index in [0.717, 1.165) is 10.5 Å². The fourth-order valence-corrected chi connectivity index (χ4v) is 10.8. The molecule has 254 valence electrons. The topological polar surface area (TPSA) is 135 Å². The predicted octanol–water partition coefficient (Wildman–Crippen LogP) is 4.81. The van der Waals surface area contributed by atoms with Gasteiger partial charge in [-0.15, -0.1) is 11.3 Å². The second-order valence-corrected chi connectivity index (χ2v) is 15.4. The molecule has 46 heavy (non-hydrogen) atoms. The number of fused-ring (bicyclic) bond motifs is 5. The van der Waals surface area contributed by atoms with Crippen LogP contribution < -0.4 is 0 Å². The number of aliphatic hydroxyl groups is 1. The highest BCUT2D eigenvalue weighted by molar-refractivity contribution is 7.09. The molecular formula is C35H48O10S. The summed E-state index contributed by atoms with van der Waals surface area (Å²) in [5, 5.41) is 14.8. The van der Waals surface area contributed by atoms with Gasteiger partial charge < -0.3 is 28.8 Å². The molecule has 1 aliphatic heterocycles. The van der Waals surface area contributed by atoms with Crippen molar-refractivity contribution in [2.45, 2.75) is 104 Å². The molecule has 0 bridgehead atoms. The second-order valence-electron chi connectivity index (χ2n) is 14.3. The Hall–Kier alpha value is -2.76. The standard InChI is InChI=1S/C35H48O10S/c1-20-17-28(43-22(3)37)33(7)26(35(20,40)13-10-25-9-8-16-46-25)11-12-32(6)27-18-41-19-34(27,14-15-42-21(2)36)31(45-24(5)39)29(30(32)33)44-23(4)38/h8-9,16-17,26-31,40H,10-15,18-19H2,1-7H3/t26-,27+,28-,29+,30?,31+,32+,33-,34+,35-/m1/s1. The number of carbonyl (C=O) groups is 4. The van der Waals surface area contributed by atoms with Crippen LogP contribution in [0.25, 0.3) is 0 Å². The molecule has 1 N–H and O–H groups in total. The molecule has 2 heterocycles. The van der Waals surface area contributed by atoms with Gasteiger partial charge in [0, 0.05) is 55.2 Å². The minimum atomic E-state index is -1.23. The monoisotopic (exact) mass is 660 g/mol. The van der Waals surface area contributed by atoms with E-state index in [1.165, 1.54) is 27.7 Å². The number of aryl methyl sites for hydroxylation is 1. The van der Waals surface area contributed by atoms with Gasteiger partial charge in [0.2, 0.25) is 0 Å². The molecule has 1 aromatic rings. The van der Waals surface area contributed by atoms with E-state index in [9.17, 15) is 24.3 Å². The molecule has 4 aliphatic rings. The summed E-state index contributed by atoms with van der Waals surface area (Å²) >= 11 is 1.65. The minimum Gasteiger partial charge on any atom is -0.466 e. The van der Waals surface area contributed by atoms with Gasteiger partial charge >= 0.3 is 23.9 Å². The summed E-state index contributed by atoms with van der Waals surface area (Å²) in [7, 11) is 0. The zero-order valence-corrected chi connectivity index (χ0v) is 28.8. The Morgan fingerprint density at radius 1 is 0.978 bits per heavy atom. The van der Waals surface area contributed by atoms with E-state index >= 15 is 0 Å². The number of hydrogen-bond acceptors (Lipinski definition) is 11. The average molecular weight is 661 g/mol. The van der Waals surface area contributed by atoms with Crippen molar-refractivity contribution >= 4 is 35.2 Å². The molecule has 0 amide bonds. The number of ether oxygens (including phenoxy) is 5. The largest absolute Gasteiger partial charge is 0.466 e. The SMILES string of the molecule is CC(=O)OCC[C@]12COC[C@H]1[C@]1(C)CC[C@@H]3[C@@](C)(C1[C@H](OC(C)=O)[C@@H]2OC(C)=O)[C@H](OC(C)=O)C=C(C)[C@]3(O)CCc1cccs1. The van der Waals surface area contributed by atoms with Gasteiger partial charge in [-0.25, -0.2) is 0 Å². The van der Waals surface area contributed by atoms with Gasteiger partial charge in [-0.3, -0.25) is 19.2 Å². The third-order valence-electron chi connectivity index (χ3n) is 11.8. The first-order chi connectivity index (χ1) is 21.6. The maximum atomic E-state index is 13.0. The van der Waals surface area contributed by atoms with Crippen LogP contribution >= 0.6 is 11.3 Å². The third-order valence-corrected chi connectivity index (χ3v) is 12.7. The first-order valence-corrected chi connectivity index (χ1v) is 17.1. The third kappa shape index (κ3) is 5.70. The Morgan fingerprint density at radius 2 is 1.67 bits per heavy atom. The van der Waals surface area contributed by atoms with Crippen molar-refractivity contribution in [1.29, 1.82) is 0 Å². The molecule has 1 saturated heterocycles. The summed E-state index contributed by atoms with van der Waals surface area (Å²) in [6.45, 7) is 12.2. The van der Waals surface area contributed by atoms with E-state index in [1.807, 2.05) is 31.4 Å². The number of esters is 4. The molecule has 0 radical (unpaired) electrons. The van der Waals surface area contributed by atoms with Crippen LogP contribution in [0.5, 0.6) is 0 Å². The van der Waals surface area contributed by atoms with Gasteiger partial charge in [-0.05, 0) is 73.5 Å². The number of carbonyl (C=O) groups excluding carboxylic acids is 4. The average Bonchev–Trinajstić information content (AvgIpc) is 3.63. The van der Waals surface area contributed by atoms with Gasteiger partial charge in [-0.2, -0.15) is 0 Å². The summed E-state index contributed by atoms with van der Waals surface area (Å²) < 4.78 is 30.2. The van der Waals surface area contributed by atoms with Crippen molar-refractivity contribution in [1.82, 2.24) is 0 Å². The van der Waals surface area contributed by atoms with Crippen LogP contribution in [-0.4, -0.2) is 72.7 Å². The lowest BCUT2D eigenvalue weighted by molar-refractivity contribution is -0.287. The first kappa shape index (κ1) is 34.6. The zero-order chi connectivity index (χ0) is 33.7. The highest BCUT2D eigenvalue weighted by Gasteiger charge is 2.76. The summed E-state index contributed by atoms with van der Waals surface area (Å²) in [6.07, 6.45) is 2.00. The quantitative estimate of drug-likeness (QED) is 0.224. The van der Waals surface area contributed by atoms with Crippen molar-refractivity contribution in [3.8, 4) is 0 Å². The minimum absolute atomic E-state index is 0.0842. The highest BCUT2D eigenvalue weighted by atomic mass is 32.1. The molecule has 11 heteroatoms. The smallest absolute Gasteiger partial charge is 0.303 e. The molecule has 1 aromatic heterocycles. The fraction of sp³-hybridized carbons (Fsp3) is 0.714. The molecule has 10 nitrogen and oxygen atoms in total. The fourth-order valence-electron chi connectivity index (χ4n) is 10.1. The molecule has 3 fully saturated rings. The Morgan fingerprint density at radius 3 is 2.28 bits per heavy atom. The van der Waals surface area contributed by atoms with E-state index in [4.69, 9.17) is 23.7 Å². The van der Waals surface area contributed by atoms with E-state index in [0.29, 0.717) is 38.7 Å². The Labute approximate surface area is 275 Å². The number of hydrogen-bond donors (Lipinski definition) is 1. The zero-order valence-electron chi connectivity index (χ0n) is 28.0. The van der Waals surface area contributed by atoms with Gasteiger partial charge in [0.15, 0.2) is 0 Å². The van der Waals surface area contributed by atoms with E-state index in [2.05, 4.69) is 13.0 Å². The lowest BCUT2D eigenvalue weighted by Crippen LogP contribution is -2.74. The summed E-state index contributed by atoms with van der Waals surface area (Å²) in [6, 6.07) is 4.06. The molecule has 1 unspecified atom stereocenters. The van der Waals surface area contributed by atoms with Crippen LogP contribution in [-0.2, 0) is 49.3 Å². The van der Waals surface area contributed by atoms with Crippen LogP contribution in [0.3, 0.4) is 0 Å². The van der Waals surface area contributed by atoms with Crippen LogP contribution in [0.2, 0.25) is 0 Å². The van der Waals surface area contributed by atoms with E-state index < -0.39 is 70.0 Å². The molecule has 3 aliphatic carbocycles. The van der Waals surface area contributed by atoms with Crippen molar-refractivity contribution < 1.29 is 48.0 Å². The Bertz CT molecular complexity index is 1370. The molecule has 5 rings (SSSR count). The molecule has 10 atom stereocenters. The second kappa shape index (κ2) is 12.7. The van der Waals surface area contributed by atoms with Crippen molar-refractivity contribution in [3.63, 3.8) is 0 Å². The van der Waals surface area contributed by atoms with Gasteiger partial charge in [0.05, 0.1) is 25.4 Å². The summed E-state index contributed by atoms with van der Waals surface area (Å²) in [5.74, 6) is -3.02. The lowest BCUT2D eigenvalue weighted by Gasteiger charge is -2.70. The summed E-state index contributed by atoms with van der Waals surface area (Å²) in [5.41, 5.74) is -2.81. The maximum absolute atomic E-state index is 13.0. The van der Waals surface area contributed by atoms with E-state index in [-0.39, 0.29) is 25.0 Å². The molecule has 0 spiro atoms. The Kier molecular flexibility index (Phi) is 9.54. The first-order valence-electron chi connectivity index (χ1n) is 16.3. The molecular weight excluding hydrogens is 612 g/mol. The predicted molar refractivity (Wildman–Crippen MR) is 168 cm³/mol. The van der Waals surface area contributed by atoms with Gasteiger partial charge in [-0.1, -0.05) is 19.9 Å². The van der Waals surface area contributed by atoms with Crippen LogP contribution in [0, 0.1) is 34.0 Å². The van der Waals surface area contributed by atoms with Crippen molar-refractivity contribution in [3.05, 3.63) is 34.0 Å². The van der Waals surface area contributed by atoms with E-state index in [1.54, 1.807) is 11.3 Å². The van der Waals surface area contributed by atoms with Gasteiger partial charge in [0.25, 0.3) is 0 Å². The van der Waals surface area contributed by atoms with Crippen LogP contribution in [0.4, 0.5) is 0 Å². The maximum Gasteiger partial charge on any atom is 0.303 e. The normalized spacial score (nSPS) is 39.6. The Balaban J connectivity index is 1.70.